The van der Waals surface area contributed by atoms with Crippen LogP contribution in [0.25, 0.3) is 33.3 Å². The van der Waals surface area contributed by atoms with Gasteiger partial charge in [-0.25, -0.2) is 0 Å². The van der Waals surface area contributed by atoms with E-state index in [1.54, 1.807) is 0 Å². The lowest BCUT2D eigenvalue weighted by atomic mass is 9.95. The van der Waals surface area contributed by atoms with Crippen molar-refractivity contribution in [3.63, 3.8) is 0 Å². The van der Waals surface area contributed by atoms with Crippen molar-refractivity contribution in [3.05, 3.63) is 48.9 Å². The zero-order valence-corrected chi connectivity index (χ0v) is 10.2. The van der Waals surface area contributed by atoms with E-state index in [1.165, 1.54) is 12.5 Å². The predicted molar refractivity (Wildman–Crippen MR) is 70.5 cm³/mol. The number of fused-ring (bicyclic) bond motifs is 1. The second-order valence-electron chi connectivity index (χ2n) is 4.29. The van der Waals surface area contributed by atoms with Crippen LogP contribution < -0.4 is 0 Å². The van der Waals surface area contributed by atoms with Crippen LogP contribution in [-0.4, -0.2) is 20.7 Å². The Hall–Kier alpha value is -3.02. The summed E-state index contributed by atoms with van der Waals surface area (Å²) < 4.78 is 9.70. The average Bonchev–Trinajstić information content (AvgIpc) is 3.19. The lowest BCUT2D eigenvalue weighted by Crippen LogP contribution is -1.88. The fraction of sp³-hybridized carbons (Fsp3) is 0. The van der Waals surface area contributed by atoms with Gasteiger partial charge in [0.2, 0.25) is 0 Å². The van der Waals surface area contributed by atoms with Crippen LogP contribution in [0, 0.1) is 0 Å². The van der Waals surface area contributed by atoms with Gasteiger partial charge in [0.15, 0.2) is 12.5 Å². The van der Waals surface area contributed by atoms with Gasteiger partial charge in [-0.15, -0.1) is 10.2 Å². The van der Waals surface area contributed by atoms with Gasteiger partial charge in [-0.3, -0.25) is 0 Å². The molecular weight excluding hydrogens is 256 g/mol. The van der Waals surface area contributed by atoms with E-state index in [-0.39, 0.29) is 0 Å². The third-order valence-electron chi connectivity index (χ3n) is 3.18. The van der Waals surface area contributed by atoms with E-state index in [0.717, 1.165) is 21.9 Å². The summed E-state index contributed by atoms with van der Waals surface area (Å²) in [5.41, 5.74) is 3.08. The minimum absolute atomic E-state index is 0.647. The molecule has 0 spiro atoms. The van der Waals surface area contributed by atoms with Gasteiger partial charge in [0.1, 0.15) is 11.4 Å². The van der Waals surface area contributed by atoms with Crippen molar-refractivity contribution in [2.45, 2.75) is 0 Å². The van der Waals surface area contributed by atoms with Crippen molar-refractivity contribution < 1.29 is 9.05 Å². The zero-order chi connectivity index (χ0) is 13.4. The first-order valence-corrected chi connectivity index (χ1v) is 6.00. The minimum atomic E-state index is 0.647. The molecule has 6 nitrogen and oxygen atoms in total. The van der Waals surface area contributed by atoms with Gasteiger partial charge >= 0.3 is 0 Å². The Labute approximate surface area is 113 Å². The van der Waals surface area contributed by atoms with Gasteiger partial charge in [0.05, 0.1) is 0 Å². The smallest absolute Gasteiger partial charge is 0.152 e. The quantitative estimate of drug-likeness (QED) is 0.554. The minimum Gasteiger partial charge on any atom is -0.345 e. The highest BCUT2D eigenvalue weighted by atomic mass is 16.5. The summed E-state index contributed by atoms with van der Waals surface area (Å²) in [7, 11) is 0. The summed E-state index contributed by atoms with van der Waals surface area (Å²) in [5, 5.41) is 17.2. The number of benzene rings is 2. The second kappa shape index (κ2) is 4.27. The van der Waals surface area contributed by atoms with Crippen LogP contribution in [0.2, 0.25) is 0 Å². The summed E-state index contributed by atoms with van der Waals surface area (Å²) in [5.74, 6) is 0. The first-order valence-electron chi connectivity index (χ1n) is 6.00. The molecule has 2 aromatic carbocycles. The predicted octanol–water partition coefficient (Wildman–Crippen LogP) is 2.94. The molecule has 0 radical (unpaired) electrons. The first kappa shape index (κ1) is 10.9. The van der Waals surface area contributed by atoms with Gasteiger partial charge in [-0.1, -0.05) is 36.4 Å². The summed E-state index contributed by atoms with van der Waals surface area (Å²) >= 11 is 0. The van der Waals surface area contributed by atoms with Crippen LogP contribution >= 0.6 is 0 Å². The van der Waals surface area contributed by atoms with E-state index < -0.39 is 0 Å². The molecule has 0 aliphatic carbocycles. The fourth-order valence-corrected chi connectivity index (χ4v) is 2.32. The number of hydrogen-bond acceptors (Lipinski definition) is 6. The molecule has 0 saturated heterocycles. The molecule has 0 aliphatic rings. The van der Waals surface area contributed by atoms with E-state index in [4.69, 9.17) is 9.05 Å². The number of hydrogen-bond donors (Lipinski definition) is 0. The summed E-state index contributed by atoms with van der Waals surface area (Å²) in [4.78, 5) is 0. The maximum Gasteiger partial charge on any atom is 0.152 e. The van der Waals surface area contributed by atoms with E-state index in [9.17, 15) is 0 Å². The second-order valence-corrected chi connectivity index (χ2v) is 4.29. The fourth-order valence-electron chi connectivity index (χ4n) is 2.32. The molecule has 2 heterocycles. The summed E-state index contributed by atoms with van der Waals surface area (Å²) in [6.07, 6.45) is 3.01. The highest BCUT2D eigenvalue weighted by Gasteiger charge is 2.16. The molecule has 96 valence electrons. The highest BCUT2D eigenvalue weighted by molar-refractivity contribution is 6.02. The summed E-state index contributed by atoms with van der Waals surface area (Å²) in [6.45, 7) is 0. The maximum absolute atomic E-state index is 4.87. The van der Waals surface area contributed by atoms with Gasteiger partial charge in [0, 0.05) is 21.7 Å². The molecular formula is C14H8N4O2. The molecule has 0 bridgehead atoms. The topological polar surface area (TPSA) is 77.8 Å². The lowest BCUT2D eigenvalue weighted by Gasteiger charge is -2.08. The molecule has 0 N–H and O–H groups in total. The van der Waals surface area contributed by atoms with Crippen LogP contribution in [-0.2, 0) is 0 Å². The van der Waals surface area contributed by atoms with Crippen LogP contribution in [0.15, 0.2) is 58.0 Å². The van der Waals surface area contributed by atoms with Crippen molar-refractivity contribution in [1.29, 1.82) is 0 Å². The van der Waals surface area contributed by atoms with Crippen LogP contribution in [0.4, 0.5) is 0 Å². The zero-order valence-electron chi connectivity index (χ0n) is 10.2. The maximum atomic E-state index is 4.87. The van der Waals surface area contributed by atoms with Crippen LogP contribution in [0.1, 0.15) is 0 Å². The van der Waals surface area contributed by atoms with Crippen molar-refractivity contribution in [2.24, 2.45) is 0 Å². The molecule has 0 unspecified atom stereocenters. The SMILES string of the molecule is c1ccc2c(-c3conn3)c(-c3conn3)ccc2c1. The van der Waals surface area contributed by atoms with E-state index in [1.807, 2.05) is 36.4 Å². The van der Waals surface area contributed by atoms with Crippen molar-refractivity contribution >= 4 is 10.8 Å². The van der Waals surface area contributed by atoms with E-state index >= 15 is 0 Å². The third kappa shape index (κ3) is 1.58. The van der Waals surface area contributed by atoms with Crippen LogP contribution in [0.5, 0.6) is 0 Å². The molecule has 2 aromatic heterocycles. The molecule has 20 heavy (non-hydrogen) atoms. The number of rotatable bonds is 2. The summed E-state index contributed by atoms with van der Waals surface area (Å²) in [6, 6.07) is 12.0. The Morgan fingerprint density at radius 2 is 1.50 bits per heavy atom. The van der Waals surface area contributed by atoms with Crippen molar-refractivity contribution in [3.8, 4) is 22.5 Å². The van der Waals surface area contributed by atoms with Gasteiger partial charge in [-0.05, 0) is 10.8 Å². The highest BCUT2D eigenvalue weighted by Crippen LogP contribution is 2.36. The van der Waals surface area contributed by atoms with Gasteiger partial charge < -0.3 is 9.05 Å². The van der Waals surface area contributed by atoms with E-state index in [0.29, 0.717) is 11.4 Å². The molecule has 0 aliphatic heterocycles. The monoisotopic (exact) mass is 264 g/mol. The molecule has 0 saturated carbocycles. The number of nitrogens with zero attached hydrogens (tertiary/aromatic N) is 4. The average molecular weight is 264 g/mol. The Kier molecular flexibility index (Phi) is 2.32. The molecule has 0 fully saturated rings. The standard InChI is InChI=1S/C14H8N4O2/c1-2-4-10-9(3-1)5-6-11(12-7-19-17-15-12)14(10)13-8-20-18-16-13/h1-8H. The van der Waals surface area contributed by atoms with E-state index in [2.05, 4.69) is 20.7 Å². The third-order valence-corrected chi connectivity index (χ3v) is 3.18. The Morgan fingerprint density at radius 1 is 0.750 bits per heavy atom. The van der Waals surface area contributed by atoms with Crippen molar-refractivity contribution in [1.82, 2.24) is 20.7 Å². The Bertz CT molecular complexity index is 854. The molecule has 4 aromatic rings. The van der Waals surface area contributed by atoms with Gasteiger partial charge in [0.25, 0.3) is 0 Å². The van der Waals surface area contributed by atoms with Crippen molar-refractivity contribution in [2.75, 3.05) is 0 Å². The molecule has 6 heteroatoms. The Balaban J connectivity index is 2.12. The van der Waals surface area contributed by atoms with Gasteiger partial charge in [-0.2, -0.15) is 0 Å². The van der Waals surface area contributed by atoms with Crippen LogP contribution in [0.3, 0.4) is 0 Å². The normalized spacial score (nSPS) is 11.0. The lowest BCUT2D eigenvalue weighted by molar-refractivity contribution is 0.392. The molecule has 0 amide bonds. The first-order chi connectivity index (χ1) is 9.93. The largest absolute Gasteiger partial charge is 0.345 e. The number of aromatic nitrogens is 4. The molecule has 0 atom stereocenters. The molecule has 4 rings (SSSR count). The Morgan fingerprint density at radius 3 is 2.25 bits per heavy atom.